The van der Waals surface area contributed by atoms with Crippen LogP contribution >= 0.6 is 0 Å². The quantitative estimate of drug-likeness (QED) is 0.236. The van der Waals surface area contributed by atoms with Crippen molar-refractivity contribution in [3.05, 3.63) is 115 Å². The van der Waals surface area contributed by atoms with Crippen LogP contribution in [0.25, 0.3) is 71.0 Å². The molecule has 0 saturated carbocycles. The number of fused-ring (bicyclic) bond motifs is 12. The van der Waals surface area contributed by atoms with Crippen molar-refractivity contribution in [1.82, 2.24) is 4.57 Å². The summed E-state index contributed by atoms with van der Waals surface area (Å²) in [6, 6.07) is 41.0. The monoisotopic (exact) mass is 433 g/mol. The molecule has 0 spiro atoms. The Hall–Kier alpha value is -4.56. The van der Waals surface area contributed by atoms with Gasteiger partial charge < -0.3 is 8.98 Å². The molecule has 2 heterocycles. The fraction of sp³-hybridized carbons (Fsp3) is 0. The highest BCUT2D eigenvalue weighted by Crippen LogP contribution is 2.44. The van der Waals surface area contributed by atoms with Crippen LogP contribution in [0.5, 0.6) is 0 Å². The van der Waals surface area contributed by atoms with Gasteiger partial charge in [0.15, 0.2) is 5.58 Å². The molecule has 2 aromatic heterocycles. The molecule has 2 nitrogen and oxygen atoms in total. The predicted molar refractivity (Wildman–Crippen MR) is 143 cm³/mol. The van der Waals surface area contributed by atoms with Crippen molar-refractivity contribution in [2.24, 2.45) is 0 Å². The SMILES string of the molecule is c1ccc(-n2c3ccccc3c3ccc4c(oc5c6ccccc6c6ccccc6c45)c32)cc1. The highest BCUT2D eigenvalue weighted by Gasteiger charge is 2.21. The van der Waals surface area contributed by atoms with Crippen molar-refractivity contribution in [3.63, 3.8) is 0 Å². The van der Waals surface area contributed by atoms with E-state index in [9.17, 15) is 0 Å². The lowest BCUT2D eigenvalue weighted by molar-refractivity contribution is 0.675. The second-order valence-corrected chi connectivity index (χ2v) is 8.92. The van der Waals surface area contributed by atoms with E-state index < -0.39 is 0 Å². The molecule has 0 saturated heterocycles. The van der Waals surface area contributed by atoms with Gasteiger partial charge >= 0.3 is 0 Å². The second-order valence-electron chi connectivity index (χ2n) is 8.92. The van der Waals surface area contributed by atoms with Crippen LogP contribution in [0.3, 0.4) is 0 Å². The zero-order valence-electron chi connectivity index (χ0n) is 18.3. The molecule has 0 bridgehead atoms. The van der Waals surface area contributed by atoms with Crippen molar-refractivity contribution in [2.75, 3.05) is 0 Å². The van der Waals surface area contributed by atoms with Crippen LogP contribution < -0.4 is 0 Å². The van der Waals surface area contributed by atoms with Crippen LogP contribution in [0, 0.1) is 0 Å². The second kappa shape index (κ2) is 6.49. The highest BCUT2D eigenvalue weighted by molar-refractivity contribution is 6.32. The minimum Gasteiger partial charge on any atom is -0.453 e. The highest BCUT2D eigenvalue weighted by atomic mass is 16.3. The van der Waals surface area contributed by atoms with Gasteiger partial charge in [-0.25, -0.2) is 0 Å². The fourth-order valence-corrected chi connectivity index (χ4v) is 5.76. The minimum atomic E-state index is 0.939. The number of hydrogen-bond donors (Lipinski definition) is 0. The molecule has 8 aromatic rings. The average molecular weight is 434 g/mol. The van der Waals surface area contributed by atoms with Gasteiger partial charge in [0.2, 0.25) is 0 Å². The van der Waals surface area contributed by atoms with Crippen LogP contribution in [0.1, 0.15) is 0 Å². The van der Waals surface area contributed by atoms with Gasteiger partial charge in [0.05, 0.1) is 11.0 Å². The maximum absolute atomic E-state index is 6.86. The van der Waals surface area contributed by atoms with Gasteiger partial charge in [-0.05, 0) is 40.4 Å². The summed E-state index contributed by atoms with van der Waals surface area (Å²) in [6.07, 6.45) is 0. The number of hydrogen-bond acceptors (Lipinski definition) is 1. The van der Waals surface area contributed by atoms with E-state index >= 15 is 0 Å². The van der Waals surface area contributed by atoms with Gasteiger partial charge in [0.25, 0.3) is 0 Å². The van der Waals surface area contributed by atoms with E-state index in [1.54, 1.807) is 0 Å². The number of benzene rings is 6. The number of para-hydroxylation sites is 2. The summed E-state index contributed by atoms with van der Waals surface area (Å²) in [6.45, 7) is 0. The molecule has 0 atom stereocenters. The fourth-order valence-electron chi connectivity index (χ4n) is 5.76. The minimum absolute atomic E-state index is 0.939. The topological polar surface area (TPSA) is 18.1 Å². The zero-order chi connectivity index (χ0) is 22.2. The van der Waals surface area contributed by atoms with Gasteiger partial charge in [0, 0.05) is 32.6 Å². The Kier molecular flexibility index (Phi) is 3.42. The van der Waals surface area contributed by atoms with Gasteiger partial charge in [-0.15, -0.1) is 0 Å². The molecule has 0 radical (unpaired) electrons. The van der Waals surface area contributed by atoms with E-state index in [4.69, 9.17) is 4.42 Å². The van der Waals surface area contributed by atoms with Crippen LogP contribution in [-0.2, 0) is 0 Å². The molecule has 0 unspecified atom stereocenters. The molecule has 0 aliphatic rings. The van der Waals surface area contributed by atoms with Gasteiger partial charge in [-0.2, -0.15) is 0 Å². The van der Waals surface area contributed by atoms with Crippen molar-refractivity contribution >= 4 is 65.3 Å². The molecular weight excluding hydrogens is 414 g/mol. The van der Waals surface area contributed by atoms with Crippen molar-refractivity contribution in [2.45, 2.75) is 0 Å². The molecule has 0 fully saturated rings. The summed E-state index contributed by atoms with van der Waals surface area (Å²) in [5.74, 6) is 0. The summed E-state index contributed by atoms with van der Waals surface area (Å²) in [5.41, 5.74) is 5.34. The molecule has 34 heavy (non-hydrogen) atoms. The lowest BCUT2D eigenvalue weighted by Gasteiger charge is -2.07. The van der Waals surface area contributed by atoms with Crippen molar-refractivity contribution < 1.29 is 4.42 Å². The molecule has 6 aromatic carbocycles. The van der Waals surface area contributed by atoms with Gasteiger partial charge in [-0.1, -0.05) is 91.0 Å². The Bertz CT molecular complexity index is 2060. The molecule has 8 rings (SSSR count). The third-order valence-corrected chi connectivity index (χ3v) is 7.16. The first-order chi connectivity index (χ1) is 16.9. The van der Waals surface area contributed by atoms with Crippen LogP contribution in [0.4, 0.5) is 0 Å². The summed E-state index contributed by atoms with van der Waals surface area (Å²) < 4.78 is 9.20. The summed E-state index contributed by atoms with van der Waals surface area (Å²) in [4.78, 5) is 0. The van der Waals surface area contributed by atoms with Crippen LogP contribution in [0.15, 0.2) is 120 Å². The first-order valence-electron chi connectivity index (χ1n) is 11.6. The lowest BCUT2D eigenvalue weighted by Crippen LogP contribution is -1.93. The normalized spacial score (nSPS) is 12.1. The maximum Gasteiger partial charge on any atom is 0.160 e. The first kappa shape index (κ1) is 17.9. The van der Waals surface area contributed by atoms with Crippen LogP contribution in [-0.4, -0.2) is 4.57 Å². The smallest absolute Gasteiger partial charge is 0.160 e. The van der Waals surface area contributed by atoms with Crippen LogP contribution in [0.2, 0.25) is 0 Å². The number of nitrogens with zero attached hydrogens (tertiary/aromatic N) is 1. The molecule has 2 heteroatoms. The predicted octanol–water partition coefficient (Wildman–Crippen LogP) is 8.99. The van der Waals surface area contributed by atoms with Gasteiger partial charge in [0.1, 0.15) is 5.58 Å². The number of rotatable bonds is 1. The number of furan rings is 1. The Balaban J connectivity index is 1.69. The van der Waals surface area contributed by atoms with E-state index in [1.807, 2.05) is 0 Å². The van der Waals surface area contributed by atoms with Crippen molar-refractivity contribution in [3.8, 4) is 5.69 Å². The van der Waals surface area contributed by atoms with E-state index in [0.29, 0.717) is 0 Å². The molecule has 158 valence electrons. The number of aromatic nitrogens is 1. The molecular formula is C32H19NO. The first-order valence-corrected chi connectivity index (χ1v) is 11.6. The summed E-state index contributed by atoms with van der Waals surface area (Å²) >= 11 is 0. The third-order valence-electron chi connectivity index (χ3n) is 7.16. The lowest BCUT2D eigenvalue weighted by atomic mass is 9.97. The summed E-state index contributed by atoms with van der Waals surface area (Å²) in [5, 5.41) is 9.67. The van der Waals surface area contributed by atoms with Crippen molar-refractivity contribution in [1.29, 1.82) is 0 Å². The van der Waals surface area contributed by atoms with E-state index in [2.05, 4.69) is 120 Å². The Morgan fingerprint density at radius 1 is 0.412 bits per heavy atom. The Morgan fingerprint density at radius 3 is 1.79 bits per heavy atom. The van der Waals surface area contributed by atoms with E-state index in [-0.39, 0.29) is 0 Å². The maximum atomic E-state index is 6.86. The zero-order valence-corrected chi connectivity index (χ0v) is 18.3. The molecule has 0 aliphatic heterocycles. The average Bonchev–Trinajstić information content (AvgIpc) is 3.46. The Labute approximate surface area is 195 Å². The standard InChI is InChI=1S/C32H19NO/c1-2-10-20(11-3-1)33-28-17-9-8-14-23(28)25-18-19-27-29-24-15-6-4-12-21(24)22-13-5-7-16-26(22)31(29)34-32(27)30(25)33/h1-19H. The van der Waals surface area contributed by atoms with E-state index in [1.165, 1.54) is 37.8 Å². The third kappa shape index (κ3) is 2.20. The molecule has 0 aliphatic carbocycles. The van der Waals surface area contributed by atoms with E-state index in [0.717, 1.165) is 33.1 Å². The van der Waals surface area contributed by atoms with Gasteiger partial charge in [-0.3, -0.25) is 0 Å². The molecule has 0 amide bonds. The largest absolute Gasteiger partial charge is 0.453 e. The molecule has 0 N–H and O–H groups in total. The Morgan fingerprint density at radius 2 is 1.00 bits per heavy atom. The summed E-state index contributed by atoms with van der Waals surface area (Å²) in [7, 11) is 0.